The van der Waals surface area contributed by atoms with E-state index in [0.717, 1.165) is 64.6 Å². The van der Waals surface area contributed by atoms with Crippen LogP contribution in [0.3, 0.4) is 0 Å². The normalized spacial score (nSPS) is 26.0. The Morgan fingerprint density at radius 2 is 1.25 bits per heavy atom. The SMILES string of the molecule is CO[C@]12C[C@@H](COC(=O)c3cncc(Br)c3)CN(C)[C@@H]1Cc1cn(-c3c4c5c(cccc5n3C)[C@@]3(OC)C[C@@H](COC(=O)c5cncc(Br)c5)CN(C)[C@@H]3C4)c3cccc2c13. The zero-order valence-electron chi connectivity index (χ0n) is 34.9. The molecule has 2 saturated heterocycles. The number of aromatic nitrogens is 4. The first-order valence-electron chi connectivity index (χ1n) is 20.8. The van der Waals surface area contributed by atoms with Gasteiger partial charge in [0.15, 0.2) is 0 Å². The van der Waals surface area contributed by atoms with Crippen LogP contribution in [0.2, 0.25) is 0 Å². The lowest BCUT2D eigenvalue weighted by atomic mass is 9.68. The highest BCUT2D eigenvalue weighted by atomic mass is 79.9. The van der Waals surface area contributed by atoms with Gasteiger partial charge < -0.3 is 28.1 Å². The maximum Gasteiger partial charge on any atom is 0.339 e. The van der Waals surface area contributed by atoms with E-state index in [1.54, 1.807) is 24.5 Å². The fourth-order valence-electron chi connectivity index (χ4n) is 11.6. The second-order valence-electron chi connectivity index (χ2n) is 17.4. The van der Waals surface area contributed by atoms with Crippen LogP contribution in [0.25, 0.3) is 27.6 Å². The number of nitrogens with zero attached hydrogens (tertiary/aromatic N) is 6. The smallest absolute Gasteiger partial charge is 0.339 e. The summed E-state index contributed by atoms with van der Waals surface area (Å²) >= 11 is 6.82. The number of rotatable bonds is 9. The number of carbonyl (C=O) groups excluding carboxylic acids is 2. The van der Waals surface area contributed by atoms with Gasteiger partial charge in [0.25, 0.3) is 0 Å². The molecule has 6 atom stereocenters. The molecule has 0 N–H and O–H groups in total. The molecule has 0 saturated carbocycles. The summed E-state index contributed by atoms with van der Waals surface area (Å²) in [6.45, 7) is 2.12. The number of fused-ring (bicyclic) bond motifs is 4. The predicted molar refractivity (Wildman–Crippen MR) is 238 cm³/mol. The molecule has 2 aliphatic carbocycles. The molecule has 0 bridgehead atoms. The average Bonchev–Trinajstić information content (AvgIpc) is 3.77. The van der Waals surface area contributed by atoms with Gasteiger partial charge in [0, 0.05) is 115 Å². The molecule has 2 aliphatic heterocycles. The zero-order valence-corrected chi connectivity index (χ0v) is 38.0. The molecular weight excluding hydrogens is 904 g/mol. The summed E-state index contributed by atoms with van der Waals surface area (Å²) in [6.07, 6.45) is 11.8. The molecular formula is C47H48Br2N6O6. The maximum absolute atomic E-state index is 13.1. The van der Waals surface area contributed by atoms with Crippen LogP contribution >= 0.6 is 31.9 Å². The number of esters is 2. The second-order valence-corrected chi connectivity index (χ2v) is 19.2. The van der Waals surface area contributed by atoms with Crippen LogP contribution in [0.5, 0.6) is 0 Å². The molecule has 2 fully saturated rings. The molecule has 10 rings (SSSR count). The number of piperidine rings is 2. The lowest BCUT2D eigenvalue weighted by molar-refractivity contribution is -0.131. The Balaban J connectivity index is 1.00. The van der Waals surface area contributed by atoms with Crippen LogP contribution in [-0.2, 0) is 50.0 Å². The number of hydrogen-bond donors (Lipinski definition) is 0. The standard InChI is InChI=1S/C47H48Br2N6O6/c1-52-22-27(25-60-44(56)29-12-32(48)20-50-18-29)16-46(58-4)35-8-7-11-38-41(35)31(14-39(46)52)24-55(38)43-34-15-40-47(59-5,36-9-6-10-37(42(34)36)54(43)3)17-28(23-53(40)2)26-61-45(57)30-13-33(49)21-51-19-30/h6-13,18-21,24,27-28,39-40H,14-17,22-23,25-26H2,1-5H3/t27-,28-,39-,40-,46+,47+/m1/s1. The molecule has 4 aliphatic rings. The van der Waals surface area contributed by atoms with Crippen molar-refractivity contribution in [3.8, 4) is 5.82 Å². The van der Waals surface area contributed by atoms with Gasteiger partial charge in [0.1, 0.15) is 17.0 Å². The summed E-state index contributed by atoms with van der Waals surface area (Å²) in [6, 6.07) is 16.9. The average molecular weight is 953 g/mol. The molecule has 0 amide bonds. The van der Waals surface area contributed by atoms with Crippen LogP contribution in [0.4, 0.5) is 0 Å². The molecule has 2 aromatic carbocycles. The zero-order chi connectivity index (χ0) is 42.4. The first kappa shape index (κ1) is 40.6. The molecule has 316 valence electrons. The Hall–Kier alpha value is -4.44. The van der Waals surface area contributed by atoms with Crippen molar-refractivity contribution in [3.05, 3.63) is 122 Å². The van der Waals surface area contributed by atoms with Gasteiger partial charge in [0.05, 0.1) is 35.4 Å². The molecule has 4 aromatic heterocycles. The highest BCUT2D eigenvalue weighted by Gasteiger charge is 2.54. The van der Waals surface area contributed by atoms with Crippen LogP contribution < -0.4 is 0 Å². The minimum atomic E-state index is -0.600. The first-order valence-corrected chi connectivity index (χ1v) is 22.4. The second kappa shape index (κ2) is 15.4. The van der Waals surface area contributed by atoms with Gasteiger partial charge in [-0.05, 0) is 113 Å². The van der Waals surface area contributed by atoms with E-state index >= 15 is 0 Å². The number of carbonyl (C=O) groups is 2. The molecule has 0 unspecified atom stereocenters. The van der Waals surface area contributed by atoms with Gasteiger partial charge in [0.2, 0.25) is 0 Å². The molecule has 0 radical (unpaired) electrons. The van der Waals surface area contributed by atoms with Gasteiger partial charge in [-0.25, -0.2) is 9.59 Å². The molecule has 6 aromatic rings. The van der Waals surface area contributed by atoms with E-state index in [-0.39, 0.29) is 49.1 Å². The fourth-order valence-corrected chi connectivity index (χ4v) is 12.3. The Kier molecular flexibility index (Phi) is 10.3. The van der Waals surface area contributed by atoms with Crippen molar-refractivity contribution in [2.75, 3.05) is 54.6 Å². The van der Waals surface area contributed by atoms with E-state index in [0.29, 0.717) is 11.1 Å². The van der Waals surface area contributed by atoms with Gasteiger partial charge >= 0.3 is 11.9 Å². The first-order chi connectivity index (χ1) is 29.5. The van der Waals surface area contributed by atoms with Crippen molar-refractivity contribution in [1.29, 1.82) is 0 Å². The third-order valence-electron chi connectivity index (χ3n) is 14.1. The van der Waals surface area contributed by atoms with Gasteiger partial charge in [-0.15, -0.1) is 0 Å². The Bertz CT molecular complexity index is 2730. The van der Waals surface area contributed by atoms with Crippen molar-refractivity contribution in [1.82, 2.24) is 28.9 Å². The van der Waals surface area contributed by atoms with Crippen molar-refractivity contribution in [3.63, 3.8) is 0 Å². The summed E-state index contributed by atoms with van der Waals surface area (Å²) in [5, 5.41) is 2.47. The number of benzene rings is 2. The number of aryl methyl sites for hydroxylation is 1. The van der Waals surface area contributed by atoms with Crippen molar-refractivity contribution >= 4 is 65.6 Å². The quantitative estimate of drug-likeness (QED) is 0.135. The number of likely N-dealkylation sites (N-methyl/N-ethyl adjacent to an activating group) is 2. The Morgan fingerprint density at radius 3 is 1.79 bits per heavy atom. The molecule has 12 nitrogen and oxygen atoms in total. The maximum atomic E-state index is 13.1. The number of methoxy groups -OCH3 is 2. The number of likely N-dealkylation sites (tertiary alicyclic amines) is 2. The highest BCUT2D eigenvalue weighted by molar-refractivity contribution is 9.10. The van der Waals surface area contributed by atoms with Crippen LogP contribution in [-0.4, -0.2) is 108 Å². The van der Waals surface area contributed by atoms with Crippen molar-refractivity contribution in [2.45, 2.75) is 49.0 Å². The highest BCUT2D eigenvalue weighted by Crippen LogP contribution is 2.53. The number of ether oxygens (including phenoxy) is 4. The molecule has 61 heavy (non-hydrogen) atoms. The van der Waals surface area contributed by atoms with Gasteiger partial charge in [-0.2, -0.15) is 0 Å². The largest absolute Gasteiger partial charge is 0.462 e. The van der Waals surface area contributed by atoms with Crippen LogP contribution in [0.1, 0.15) is 55.8 Å². The Labute approximate surface area is 371 Å². The third-order valence-corrected chi connectivity index (χ3v) is 14.9. The fraction of sp³-hybridized carbons (Fsp3) is 0.404. The lowest BCUT2D eigenvalue weighted by Gasteiger charge is -2.53. The summed E-state index contributed by atoms with van der Waals surface area (Å²) in [4.78, 5) is 39.2. The third kappa shape index (κ3) is 6.42. The molecule has 0 spiro atoms. The van der Waals surface area contributed by atoms with E-state index in [2.05, 4.69) is 124 Å². The number of pyridine rings is 2. The predicted octanol–water partition coefficient (Wildman–Crippen LogP) is 7.59. The van der Waals surface area contributed by atoms with Crippen molar-refractivity contribution < 1.29 is 28.5 Å². The Morgan fingerprint density at radius 1 is 0.721 bits per heavy atom. The van der Waals surface area contributed by atoms with E-state index in [1.807, 2.05) is 14.2 Å². The van der Waals surface area contributed by atoms with Crippen LogP contribution in [0, 0.1) is 11.8 Å². The van der Waals surface area contributed by atoms with E-state index in [1.165, 1.54) is 45.4 Å². The molecule has 6 heterocycles. The van der Waals surface area contributed by atoms with E-state index in [9.17, 15) is 9.59 Å². The summed E-state index contributed by atoms with van der Waals surface area (Å²) in [5.74, 6) is 0.522. The van der Waals surface area contributed by atoms with Crippen molar-refractivity contribution in [2.24, 2.45) is 18.9 Å². The summed E-state index contributed by atoms with van der Waals surface area (Å²) in [7, 11) is 10.2. The van der Waals surface area contributed by atoms with Gasteiger partial charge in [-0.1, -0.05) is 24.3 Å². The summed E-state index contributed by atoms with van der Waals surface area (Å²) < 4.78 is 31.4. The number of halogens is 2. The molecule has 14 heteroatoms. The van der Waals surface area contributed by atoms with Gasteiger partial charge in [-0.3, -0.25) is 19.8 Å². The lowest BCUT2D eigenvalue weighted by Crippen LogP contribution is -2.60. The minimum Gasteiger partial charge on any atom is -0.462 e. The summed E-state index contributed by atoms with van der Waals surface area (Å²) in [5.41, 5.74) is 6.91. The number of hydrogen-bond acceptors (Lipinski definition) is 10. The van der Waals surface area contributed by atoms with E-state index < -0.39 is 11.2 Å². The van der Waals surface area contributed by atoms with Crippen LogP contribution in [0.15, 0.2) is 88.5 Å². The van der Waals surface area contributed by atoms with E-state index in [4.69, 9.17) is 18.9 Å². The minimum absolute atomic E-state index is 0.0597. The monoisotopic (exact) mass is 950 g/mol. The topological polar surface area (TPSA) is 113 Å².